The SMILES string of the molecule is CCCCOc1c2n(cc(C(C)=O)c1=O)N(Cc1ccc(F)cc1)CN(Cc1ccc(F)cc1)C2=O. The highest BCUT2D eigenvalue weighted by molar-refractivity contribution is 5.99. The van der Waals surface area contributed by atoms with Crippen LogP contribution in [0.15, 0.2) is 59.5 Å². The summed E-state index contributed by atoms with van der Waals surface area (Å²) in [4.78, 5) is 40.7. The van der Waals surface area contributed by atoms with Gasteiger partial charge in [-0.05, 0) is 48.7 Å². The quantitative estimate of drug-likeness (QED) is 0.328. The van der Waals surface area contributed by atoms with Gasteiger partial charge in [0.15, 0.2) is 17.2 Å². The smallest absolute Gasteiger partial charge is 0.278 e. The van der Waals surface area contributed by atoms with Crippen molar-refractivity contribution in [3.05, 3.63) is 99.0 Å². The molecule has 0 unspecified atom stereocenters. The van der Waals surface area contributed by atoms with Crippen LogP contribution in [0.2, 0.25) is 0 Å². The lowest BCUT2D eigenvalue weighted by molar-refractivity contribution is 0.0667. The molecule has 0 saturated carbocycles. The Morgan fingerprint density at radius 3 is 2.08 bits per heavy atom. The van der Waals surface area contributed by atoms with E-state index in [2.05, 4.69) is 0 Å². The summed E-state index contributed by atoms with van der Waals surface area (Å²) >= 11 is 0. The van der Waals surface area contributed by atoms with Crippen LogP contribution < -0.4 is 15.2 Å². The van der Waals surface area contributed by atoms with E-state index in [9.17, 15) is 23.2 Å². The molecule has 7 nitrogen and oxygen atoms in total. The third kappa shape index (κ3) is 5.30. The van der Waals surface area contributed by atoms with E-state index in [1.807, 2.05) is 6.92 Å². The second-order valence-corrected chi connectivity index (χ2v) is 8.71. The number of hydrogen-bond donors (Lipinski definition) is 0. The van der Waals surface area contributed by atoms with Crippen molar-refractivity contribution >= 4 is 11.7 Å². The molecule has 0 atom stereocenters. The van der Waals surface area contributed by atoms with Gasteiger partial charge < -0.3 is 9.64 Å². The Morgan fingerprint density at radius 2 is 1.53 bits per heavy atom. The topological polar surface area (TPSA) is 71.8 Å². The van der Waals surface area contributed by atoms with E-state index in [0.717, 1.165) is 12.0 Å². The Balaban J connectivity index is 1.82. The summed E-state index contributed by atoms with van der Waals surface area (Å²) in [5.41, 5.74) is 0.750. The third-order valence-electron chi connectivity index (χ3n) is 5.96. The minimum Gasteiger partial charge on any atom is -0.487 e. The first kappa shape index (κ1) is 25.1. The summed E-state index contributed by atoms with van der Waals surface area (Å²) in [6, 6.07) is 11.7. The average molecular weight is 496 g/mol. The standard InChI is InChI=1S/C27H27F2N3O4/c1-3-4-13-36-26-24-27(35)30(14-19-5-9-21(28)10-6-19)17-31(15-20-7-11-22(29)12-8-20)32(24)16-23(18(2)33)25(26)34/h5-12,16H,3-4,13-15,17H2,1-2H3. The van der Waals surface area contributed by atoms with Gasteiger partial charge in [0.25, 0.3) is 5.91 Å². The van der Waals surface area contributed by atoms with E-state index in [0.29, 0.717) is 12.0 Å². The molecule has 0 radical (unpaired) electrons. The second kappa shape index (κ2) is 10.7. The third-order valence-corrected chi connectivity index (χ3v) is 5.96. The summed E-state index contributed by atoms with van der Waals surface area (Å²) in [6.45, 7) is 4.00. The number of carbonyl (C=O) groups excluding carboxylic acids is 2. The van der Waals surface area contributed by atoms with Crippen molar-refractivity contribution in [2.24, 2.45) is 0 Å². The highest BCUT2D eigenvalue weighted by Gasteiger charge is 2.35. The highest BCUT2D eigenvalue weighted by Crippen LogP contribution is 2.25. The molecule has 2 heterocycles. The monoisotopic (exact) mass is 495 g/mol. The van der Waals surface area contributed by atoms with Gasteiger partial charge in [-0.25, -0.2) is 8.78 Å². The molecule has 3 aromatic rings. The maximum atomic E-state index is 13.7. The van der Waals surface area contributed by atoms with Crippen LogP contribution in [-0.2, 0) is 13.1 Å². The molecule has 0 bridgehead atoms. The molecular formula is C27H27F2N3O4. The highest BCUT2D eigenvalue weighted by atomic mass is 19.1. The minimum atomic E-state index is -0.636. The molecule has 0 N–H and O–H groups in total. The van der Waals surface area contributed by atoms with Crippen molar-refractivity contribution in [2.45, 2.75) is 39.8 Å². The number of fused-ring (bicyclic) bond motifs is 1. The molecule has 1 aliphatic heterocycles. The molecule has 0 saturated heterocycles. The minimum absolute atomic E-state index is 0.0107. The molecule has 36 heavy (non-hydrogen) atoms. The van der Waals surface area contributed by atoms with Crippen molar-refractivity contribution < 1.29 is 23.1 Å². The Hall–Kier alpha value is -4.01. The zero-order valence-corrected chi connectivity index (χ0v) is 20.2. The number of aromatic nitrogens is 1. The van der Waals surface area contributed by atoms with Gasteiger partial charge in [-0.1, -0.05) is 37.6 Å². The van der Waals surface area contributed by atoms with Gasteiger partial charge in [-0.2, -0.15) is 0 Å². The van der Waals surface area contributed by atoms with Gasteiger partial charge in [0, 0.05) is 12.7 Å². The number of benzene rings is 2. The number of amides is 1. The van der Waals surface area contributed by atoms with E-state index < -0.39 is 17.1 Å². The van der Waals surface area contributed by atoms with E-state index >= 15 is 0 Å². The summed E-state index contributed by atoms with van der Waals surface area (Å²) < 4.78 is 34.2. The number of ketones is 1. The molecule has 1 amide bonds. The van der Waals surface area contributed by atoms with E-state index in [-0.39, 0.29) is 55.0 Å². The van der Waals surface area contributed by atoms with Crippen LogP contribution in [0, 0.1) is 11.6 Å². The first-order chi connectivity index (χ1) is 17.3. The fraction of sp³-hybridized carbons (Fsp3) is 0.296. The number of carbonyl (C=O) groups is 2. The van der Waals surface area contributed by atoms with Crippen LogP contribution in [0.4, 0.5) is 8.78 Å². The number of halogens is 2. The van der Waals surface area contributed by atoms with Crippen molar-refractivity contribution in [2.75, 3.05) is 18.3 Å². The maximum Gasteiger partial charge on any atom is 0.278 e. The van der Waals surface area contributed by atoms with Crippen LogP contribution in [0.25, 0.3) is 0 Å². The molecular weight excluding hydrogens is 468 g/mol. The molecule has 1 aliphatic rings. The first-order valence-electron chi connectivity index (χ1n) is 11.7. The average Bonchev–Trinajstić information content (AvgIpc) is 2.85. The van der Waals surface area contributed by atoms with Crippen molar-refractivity contribution in [1.29, 1.82) is 0 Å². The number of pyridine rings is 1. The molecule has 2 aromatic carbocycles. The van der Waals surface area contributed by atoms with Crippen molar-refractivity contribution in [1.82, 2.24) is 9.58 Å². The number of rotatable bonds is 9. The molecule has 9 heteroatoms. The van der Waals surface area contributed by atoms with Crippen LogP contribution >= 0.6 is 0 Å². The Labute approximate surface area is 207 Å². The van der Waals surface area contributed by atoms with Crippen LogP contribution in [-0.4, -0.2) is 34.5 Å². The maximum absolute atomic E-state index is 13.7. The Morgan fingerprint density at radius 1 is 0.944 bits per heavy atom. The molecule has 0 spiro atoms. The second-order valence-electron chi connectivity index (χ2n) is 8.71. The van der Waals surface area contributed by atoms with Crippen LogP contribution in [0.5, 0.6) is 5.75 Å². The van der Waals surface area contributed by atoms with E-state index in [1.54, 1.807) is 29.3 Å². The zero-order valence-electron chi connectivity index (χ0n) is 20.2. The first-order valence-corrected chi connectivity index (χ1v) is 11.7. The number of unbranched alkanes of at least 4 members (excludes halogenated alkanes) is 1. The van der Waals surface area contributed by atoms with Gasteiger partial charge in [0.1, 0.15) is 18.3 Å². The normalized spacial score (nSPS) is 13.1. The molecule has 0 aliphatic carbocycles. The fourth-order valence-corrected chi connectivity index (χ4v) is 4.04. The van der Waals surface area contributed by atoms with Crippen LogP contribution in [0.1, 0.15) is 58.7 Å². The Kier molecular flexibility index (Phi) is 7.47. The fourth-order valence-electron chi connectivity index (χ4n) is 4.04. The molecule has 0 fully saturated rings. The summed E-state index contributed by atoms with van der Waals surface area (Å²) in [6.07, 6.45) is 2.84. The van der Waals surface area contributed by atoms with Gasteiger partial charge in [0.2, 0.25) is 5.43 Å². The summed E-state index contributed by atoms with van der Waals surface area (Å²) in [5, 5.41) is 1.77. The van der Waals surface area contributed by atoms with E-state index in [4.69, 9.17) is 4.74 Å². The largest absolute Gasteiger partial charge is 0.487 e. The molecule has 1 aromatic heterocycles. The summed E-state index contributed by atoms with van der Waals surface area (Å²) in [5.74, 6) is -1.83. The Bertz CT molecular complexity index is 1320. The zero-order chi connectivity index (χ0) is 25.8. The predicted octanol–water partition coefficient (Wildman–Crippen LogP) is 4.26. The van der Waals surface area contributed by atoms with Crippen molar-refractivity contribution in [3.8, 4) is 5.75 Å². The lowest BCUT2D eigenvalue weighted by atomic mass is 10.1. The van der Waals surface area contributed by atoms with Gasteiger partial charge in [0.05, 0.1) is 18.7 Å². The lowest BCUT2D eigenvalue weighted by Gasteiger charge is -2.40. The lowest BCUT2D eigenvalue weighted by Crippen LogP contribution is -2.54. The number of ether oxygens (including phenoxy) is 1. The number of hydrogen-bond acceptors (Lipinski definition) is 5. The summed E-state index contributed by atoms with van der Waals surface area (Å²) in [7, 11) is 0. The van der Waals surface area contributed by atoms with Crippen molar-refractivity contribution in [3.63, 3.8) is 0 Å². The van der Waals surface area contributed by atoms with Gasteiger partial charge in [-0.3, -0.25) is 24.1 Å². The molecule has 4 rings (SSSR count). The van der Waals surface area contributed by atoms with Crippen LogP contribution in [0.3, 0.4) is 0 Å². The van der Waals surface area contributed by atoms with Gasteiger partial charge in [-0.15, -0.1) is 0 Å². The van der Waals surface area contributed by atoms with Gasteiger partial charge >= 0.3 is 0 Å². The molecule has 188 valence electrons. The van der Waals surface area contributed by atoms with E-state index in [1.165, 1.54) is 47.0 Å². The number of nitrogens with zero attached hydrogens (tertiary/aromatic N) is 3. The number of Topliss-reactive ketones (excluding diaryl/α,β-unsaturated/α-hetero) is 1. The predicted molar refractivity (Wildman–Crippen MR) is 131 cm³/mol.